The van der Waals surface area contributed by atoms with Crippen LogP contribution in [-0.2, 0) is 6.18 Å². The summed E-state index contributed by atoms with van der Waals surface area (Å²) in [6.07, 6.45) is -1.84. The van der Waals surface area contributed by atoms with Crippen LogP contribution in [0.5, 0.6) is 0 Å². The summed E-state index contributed by atoms with van der Waals surface area (Å²) >= 11 is 6.32. The maximum atomic E-state index is 12.7. The first-order chi connectivity index (χ1) is 15.3. The number of aliphatic hydroxyl groups is 2. The lowest BCUT2D eigenvalue weighted by atomic mass is 10.0. The summed E-state index contributed by atoms with van der Waals surface area (Å²) in [5.41, 5.74) is 0.694. The molecule has 0 aliphatic heterocycles. The molecule has 0 aliphatic rings. The first-order valence-corrected chi connectivity index (χ1v) is 9.64. The predicted molar refractivity (Wildman–Crippen MR) is 112 cm³/mol. The zero-order chi connectivity index (χ0) is 22.9. The van der Waals surface area contributed by atoms with E-state index in [1.165, 1.54) is 24.5 Å². The minimum atomic E-state index is -4.47. The third-order valence-electron chi connectivity index (χ3n) is 4.69. The highest BCUT2D eigenvalue weighted by Gasteiger charge is 2.30. The molecule has 0 saturated heterocycles. The SMILES string of the molecule is OC[C@H](O)c1cnc(-c2ccc3c(Nc4ccc(C(F)(F)F)cn4)nncc3c2)c(Cl)c1. The second-order valence-electron chi connectivity index (χ2n) is 6.85. The Morgan fingerprint density at radius 1 is 1.03 bits per heavy atom. The van der Waals surface area contributed by atoms with Crippen LogP contribution in [0, 0.1) is 0 Å². The van der Waals surface area contributed by atoms with E-state index in [-0.39, 0.29) is 5.82 Å². The molecule has 0 spiro atoms. The maximum absolute atomic E-state index is 12.7. The zero-order valence-electron chi connectivity index (χ0n) is 16.2. The van der Waals surface area contributed by atoms with E-state index >= 15 is 0 Å². The van der Waals surface area contributed by atoms with Gasteiger partial charge in [0, 0.05) is 34.3 Å². The number of nitrogens with one attached hydrogen (secondary N) is 1. The van der Waals surface area contributed by atoms with Crippen molar-refractivity contribution in [2.75, 3.05) is 11.9 Å². The Hall–Kier alpha value is -3.34. The molecule has 0 amide bonds. The number of anilines is 2. The number of hydrogen-bond donors (Lipinski definition) is 3. The summed E-state index contributed by atoms with van der Waals surface area (Å²) in [6.45, 7) is -0.449. The Morgan fingerprint density at radius 2 is 1.84 bits per heavy atom. The third kappa shape index (κ3) is 4.47. The van der Waals surface area contributed by atoms with Crippen molar-refractivity contribution in [2.24, 2.45) is 0 Å². The van der Waals surface area contributed by atoms with E-state index in [9.17, 15) is 18.3 Å². The molecule has 3 N–H and O–H groups in total. The van der Waals surface area contributed by atoms with E-state index < -0.39 is 24.5 Å². The molecule has 1 aromatic carbocycles. The minimum absolute atomic E-state index is 0.187. The molecular weight excluding hydrogens is 447 g/mol. The van der Waals surface area contributed by atoms with Crippen LogP contribution in [0.1, 0.15) is 17.2 Å². The summed E-state index contributed by atoms with van der Waals surface area (Å²) in [7, 11) is 0. The van der Waals surface area contributed by atoms with Crippen LogP contribution in [0.25, 0.3) is 22.0 Å². The zero-order valence-corrected chi connectivity index (χ0v) is 16.9. The summed E-state index contributed by atoms with van der Waals surface area (Å²) in [5, 5.41) is 31.3. The second kappa shape index (κ2) is 8.65. The van der Waals surface area contributed by atoms with Crippen LogP contribution >= 0.6 is 11.6 Å². The van der Waals surface area contributed by atoms with E-state index in [0.717, 1.165) is 12.3 Å². The van der Waals surface area contributed by atoms with Gasteiger partial charge in [-0.05, 0) is 30.3 Å². The van der Waals surface area contributed by atoms with Crippen molar-refractivity contribution in [3.63, 3.8) is 0 Å². The Bertz CT molecular complexity index is 1270. The largest absolute Gasteiger partial charge is 0.417 e. The molecule has 0 aliphatic carbocycles. The van der Waals surface area contributed by atoms with Gasteiger partial charge in [0.25, 0.3) is 0 Å². The van der Waals surface area contributed by atoms with Gasteiger partial charge in [0.05, 0.1) is 29.1 Å². The highest BCUT2D eigenvalue weighted by molar-refractivity contribution is 6.33. The number of hydrogen-bond acceptors (Lipinski definition) is 7. The Morgan fingerprint density at radius 3 is 2.50 bits per heavy atom. The maximum Gasteiger partial charge on any atom is 0.417 e. The lowest BCUT2D eigenvalue weighted by Crippen LogP contribution is -2.06. The summed E-state index contributed by atoms with van der Waals surface area (Å²) < 4.78 is 38.2. The molecule has 164 valence electrons. The van der Waals surface area contributed by atoms with E-state index in [0.29, 0.717) is 38.4 Å². The van der Waals surface area contributed by atoms with Gasteiger partial charge < -0.3 is 15.5 Å². The van der Waals surface area contributed by atoms with Gasteiger partial charge in [-0.3, -0.25) is 4.98 Å². The van der Waals surface area contributed by atoms with E-state index in [2.05, 4.69) is 25.5 Å². The number of benzene rings is 1. The van der Waals surface area contributed by atoms with Gasteiger partial charge >= 0.3 is 6.18 Å². The van der Waals surface area contributed by atoms with Crippen LogP contribution < -0.4 is 5.32 Å². The van der Waals surface area contributed by atoms with Crippen molar-refractivity contribution in [1.82, 2.24) is 20.2 Å². The number of aliphatic hydroxyl groups excluding tert-OH is 2. The van der Waals surface area contributed by atoms with Crippen LogP contribution in [0.2, 0.25) is 5.02 Å². The first kappa shape index (κ1) is 21.9. The van der Waals surface area contributed by atoms with Crippen molar-refractivity contribution < 1.29 is 23.4 Å². The number of aromatic nitrogens is 4. The van der Waals surface area contributed by atoms with Gasteiger partial charge in [0.2, 0.25) is 0 Å². The molecule has 4 rings (SSSR count). The lowest BCUT2D eigenvalue weighted by Gasteiger charge is -2.12. The Labute approximate surface area is 184 Å². The minimum Gasteiger partial charge on any atom is -0.393 e. The van der Waals surface area contributed by atoms with Gasteiger partial charge in [0.1, 0.15) is 11.9 Å². The van der Waals surface area contributed by atoms with Crippen molar-refractivity contribution in [1.29, 1.82) is 0 Å². The fourth-order valence-corrected chi connectivity index (χ4v) is 3.32. The second-order valence-corrected chi connectivity index (χ2v) is 7.25. The number of halogens is 4. The molecule has 0 unspecified atom stereocenters. The molecule has 0 radical (unpaired) electrons. The van der Waals surface area contributed by atoms with Crippen LogP contribution in [0.3, 0.4) is 0 Å². The van der Waals surface area contributed by atoms with Crippen molar-refractivity contribution in [3.8, 4) is 11.3 Å². The smallest absolute Gasteiger partial charge is 0.393 e. The molecule has 3 aromatic heterocycles. The van der Waals surface area contributed by atoms with Gasteiger partial charge in [-0.2, -0.15) is 18.3 Å². The van der Waals surface area contributed by atoms with Crippen molar-refractivity contribution >= 4 is 34.0 Å². The summed E-state index contributed by atoms with van der Waals surface area (Å²) in [4.78, 5) is 8.07. The molecule has 0 bridgehead atoms. The standard InChI is InChI=1S/C21H15ClF3N5O2/c22-16-6-13(17(32)10-31)7-27-19(16)11-1-3-15-12(5-11)8-28-30-20(15)29-18-4-2-14(9-26-18)21(23,24)25/h1-9,17,31-32H,10H2,(H,26,29,30)/t17-/m0/s1. The van der Waals surface area contributed by atoms with E-state index in [1.54, 1.807) is 18.2 Å². The number of fused-ring (bicyclic) bond motifs is 1. The van der Waals surface area contributed by atoms with E-state index in [4.69, 9.17) is 16.7 Å². The summed E-state index contributed by atoms with van der Waals surface area (Å²) in [5.74, 6) is 0.508. The third-order valence-corrected chi connectivity index (χ3v) is 4.98. The fraction of sp³-hybridized carbons (Fsp3) is 0.143. The van der Waals surface area contributed by atoms with E-state index in [1.807, 2.05) is 0 Å². The molecule has 0 fully saturated rings. The van der Waals surface area contributed by atoms with Gasteiger partial charge in [-0.15, -0.1) is 5.10 Å². The van der Waals surface area contributed by atoms with Gasteiger partial charge in [-0.25, -0.2) is 4.98 Å². The molecule has 4 aromatic rings. The lowest BCUT2D eigenvalue weighted by molar-refractivity contribution is -0.137. The molecule has 11 heteroatoms. The molecule has 0 saturated carbocycles. The normalized spacial score (nSPS) is 12.7. The predicted octanol–water partition coefficient (Wildman–Crippen LogP) is 4.53. The molecule has 1 atom stereocenters. The monoisotopic (exact) mass is 461 g/mol. The van der Waals surface area contributed by atoms with Crippen LogP contribution in [0.15, 0.2) is 55.0 Å². The topological polar surface area (TPSA) is 104 Å². The van der Waals surface area contributed by atoms with Crippen molar-refractivity contribution in [2.45, 2.75) is 12.3 Å². The Balaban J connectivity index is 1.64. The number of alkyl halides is 3. The van der Waals surface area contributed by atoms with Crippen LogP contribution in [0.4, 0.5) is 24.8 Å². The average molecular weight is 462 g/mol. The summed E-state index contributed by atoms with van der Waals surface area (Å²) in [6, 6.07) is 8.96. The molecule has 32 heavy (non-hydrogen) atoms. The van der Waals surface area contributed by atoms with Crippen molar-refractivity contribution in [3.05, 3.63) is 71.1 Å². The Kier molecular flexibility index (Phi) is 5.92. The molecular formula is C21H15ClF3N5O2. The molecule has 3 heterocycles. The first-order valence-electron chi connectivity index (χ1n) is 9.26. The highest BCUT2D eigenvalue weighted by Crippen LogP contribution is 2.33. The number of pyridine rings is 2. The fourth-order valence-electron chi connectivity index (χ4n) is 3.04. The van der Waals surface area contributed by atoms with Crippen LogP contribution in [-0.4, -0.2) is 37.0 Å². The average Bonchev–Trinajstić information content (AvgIpc) is 2.78. The van der Waals surface area contributed by atoms with Gasteiger partial charge in [0.15, 0.2) is 5.82 Å². The number of rotatable bonds is 5. The molecule has 7 nitrogen and oxygen atoms in total. The quantitative estimate of drug-likeness (QED) is 0.401. The highest BCUT2D eigenvalue weighted by atomic mass is 35.5. The number of nitrogens with zero attached hydrogens (tertiary/aromatic N) is 4. The van der Waals surface area contributed by atoms with Gasteiger partial charge in [-0.1, -0.05) is 17.7 Å².